The van der Waals surface area contributed by atoms with Gasteiger partial charge in [0.25, 0.3) is 0 Å². The van der Waals surface area contributed by atoms with Gasteiger partial charge in [0.2, 0.25) is 0 Å². The molecule has 3 nitrogen and oxygen atoms in total. The molecule has 0 aliphatic heterocycles. The van der Waals surface area contributed by atoms with Crippen LogP contribution in [0.15, 0.2) is 48.5 Å². The topological polar surface area (TPSA) is 27.1 Å². The van der Waals surface area contributed by atoms with Crippen LogP contribution in [0.1, 0.15) is 24.4 Å². The molecule has 1 atom stereocenters. The summed E-state index contributed by atoms with van der Waals surface area (Å²) in [6.45, 7) is 4.25. The Labute approximate surface area is 118 Å². The minimum absolute atomic E-state index is 0.244. The largest absolute Gasteiger partial charge is 0.497 e. The predicted molar refractivity (Wildman–Crippen MR) is 81.3 cm³/mol. The molecule has 20 heavy (non-hydrogen) atoms. The fourth-order valence-electron chi connectivity index (χ4n) is 2.69. The van der Waals surface area contributed by atoms with E-state index < -0.39 is 0 Å². The number of benzene rings is 2. The lowest BCUT2D eigenvalue weighted by Gasteiger charge is -2.17. The van der Waals surface area contributed by atoms with E-state index in [9.17, 15) is 0 Å². The van der Waals surface area contributed by atoms with E-state index >= 15 is 0 Å². The number of rotatable bonds is 3. The van der Waals surface area contributed by atoms with Gasteiger partial charge in [0, 0.05) is 0 Å². The van der Waals surface area contributed by atoms with Crippen molar-refractivity contribution in [3.63, 3.8) is 0 Å². The molecule has 0 saturated carbocycles. The maximum atomic E-state index is 5.21. The molecule has 1 heterocycles. The highest BCUT2D eigenvalue weighted by atomic mass is 16.5. The van der Waals surface area contributed by atoms with E-state index in [1.807, 2.05) is 18.2 Å². The number of nitrogens with zero attached hydrogens (tertiary/aromatic N) is 2. The summed E-state index contributed by atoms with van der Waals surface area (Å²) >= 11 is 0. The molecule has 0 spiro atoms. The van der Waals surface area contributed by atoms with Crippen molar-refractivity contribution in [1.29, 1.82) is 0 Å². The first-order chi connectivity index (χ1) is 9.70. The molecule has 0 bridgehead atoms. The molecule has 3 rings (SSSR count). The fraction of sp³-hybridized carbons (Fsp3) is 0.235. The van der Waals surface area contributed by atoms with Crippen LogP contribution < -0.4 is 4.74 Å². The van der Waals surface area contributed by atoms with Gasteiger partial charge in [-0.1, -0.05) is 24.3 Å². The maximum absolute atomic E-state index is 5.21. The summed E-state index contributed by atoms with van der Waals surface area (Å²) in [5.74, 6) is 1.92. The van der Waals surface area contributed by atoms with Gasteiger partial charge in [0.05, 0.1) is 24.2 Å². The molecule has 3 heteroatoms. The average molecular weight is 266 g/mol. The van der Waals surface area contributed by atoms with Gasteiger partial charge < -0.3 is 9.30 Å². The van der Waals surface area contributed by atoms with Crippen molar-refractivity contribution in [3.8, 4) is 5.75 Å². The standard InChI is InChI=1S/C17H18N2O/c1-12(14-8-10-15(20-3)11-9-14)19-13(2)18-16-6-4-5-7-17(16)19/h4-12H,1-3H3. The van der Waals surface area contributed by atoms with E-state index in [-0.39, 0.29) is 6.04 Å². The number of aromatic nitrogens is 2. The highest BCUT2D eigenvalue weighted by molar-refractivity contribution is 5.76. The molecule has 0 saturated heterocycles. The van der Waals surface area contributed by atoms with Crippen LogP contribution in [0.25, 0.3) is 11.0 Å². The third-order valence-corrected chi connectivity index (χ3v) is 3.76. The SMILES string of the molecule is COc1ccc(C(C)n2c(C)nc3ccccc32)cc1. The van der Waals surface area contributed by atoms with Crippen molar-refractivity contribution < 1.29 is 4.74 Å². The lowest BCUT2D eigenvalue weighted by Crippen LogP contribution is -2.08. The van der Waals surface area contributed by atoms with Crippen LogP contribution in [0.3, 0.4) is 0 Å². The number of hydrogen-bond donors (Lipinski definition) is 0. The number of imidazole rings is 1. The molecule has 0 aliphatic rings. The maximum Gasteiger partial charge on any atom is 0.118 e. The summed E-state index contributed by atoms with van der Waals surface area (Å²) in [6.07, 6.45) is 0. The third kappa shape index (κ3) is 2.05. The molecule has 0 radical (unpaired) electrons. The van der Waals surface area contributed by atoms with Gasteiger partial charge >= 0.3 is 0 Å². The van der Waals surface area contributed by atoms with Gasteiger partial charge in [-0.05, 0) is 43.7 Å². The van der Waals surface area contributed by atoms with Gasteiger partial charge in [-0.15, -0.1) is 0 Å². The van der Waals surface area contributed by atoms with E-state index in [1.54, 1.807) is 7.11 Å². The second-order valence-electron chi connectivity index (χ2n) is 4.97. The van der Waals surface area contributed by atoms with Crippen LogP contribution in [0.4, 0.5) is 0 Å². The van der Waals surface area contributed by atoms with Gasteiger partial charge in [-0.3, -0.25) is 0 Å². The molecule has 102 valence electrons. The zero-order valence-electron chi connectivity index (χ0n) is 12.0. The van der Waals surface area contributed by atoms with Gasteiger partial charge in [0.1, 0.15) is 11.6 Å². The molecular formula is C17H18N2O. The first kappa shape index (κ1) is 12.7. The van der Waals surface area contributed by atoms with Crippen molar-refractivity contribution >= 4 is 11.0 Å². The van der Waals surface area contributed by atoms with Crippen LogP contribution in [-0.2, 0) is 0 Å². The Hall–Kier alpha value is -2.29. The number of methoxy groups -OCH3 is 1. The number of fused-ring (bicyclic) bond motifs is 1. The Morgan fingerprint density at radius 3 is 2.45 bits per heavy atom. The zero-order chi connectivity index (χ0) is 14.1. The normalized spacial score (nSPS) is 12.6. The molecule has 0 N–H and O–H groups in total. The number of ether oxygens (including phenoxy) is 1. The summed E-state index contributed by atoms with van der Waals surface area (Å²) in [6, 6.07) is 16.7. The summed E-state index contributed by atoms with van der Waals surface area (Å²) < 4.78 is 7.49. The Morgan fingerprint density at radius 2 is 1.75 bits per heavy atom. The van der Waals surface area contributed by atoms with Gasteiger partial charge in [0.15, 0.2) is 0 Å². The summed E-state index contributed by atoms with van der Waals surface area (Å²) in [4.78, 5) is 4.63. The van der Waals surface area contributed by atoms with Crippen molar-refractivity contribution in [1.82, 2.24) is 9.55 Å². The lowest BCUT2D eigenvalue weighted by atomic mass is 10.1. The number of hydrogen-bond acceptors (Lipinski definition) is 2. The highest BCUT2D eigenvalue weighted by Gasteiger charge is 2.14. The Kier molecular flexibility index (Phi) is 3.18. The van der Waals surface area contributed by atoms with Crippen LogP contribution in [0.2, 0.25) is 0 Å². The van der Waals surface area contributed by atoms with Crippen molar-refractivity contribution in [2.75, 3.05) is 7.11 Å². The second-order valence-corrected chi connectivity index (χ2v) is 4.97. The fourth-order valence-corrected chi connectivity index (χ4v) is 2.69. The molecule has 1 aromatic heterocycles. The third-order valence-electron chi connectivity index (χ3n) is 3.76. The monoisotopic (exact) mass is 266 g/mol. The zero-order valence-corrected chi connectivity index (χ0v) is 12.0. The van der Waals surface area contributed by atoms with Crippen LogP contribution in [-0.4, -0.2) is 16.7 Å². The van der Waals surface area contributed by atoms with Gasteiger partial charge in [-0.2, -0.15) is 0 Å². The minimum atomic E-state index is 0.244. The smallest absolute Gasteiger partial charge is 0.118 e. The van der Waals surface area contributed by atoms with Crippen LogP contribution in [0, 0.1) is 6.92 Å². The first-order valence-electron chi connectivity index (χ1n) is 6.78. The molecule has 0 aliphatic carbocycles. The summed E-state index contributed by atoms with van der Waals surface area (Å²) in [5, 5.41) is 0. The van der Waals surface area contributed by atoms with Crippen molar-refractivity contribution in [3.05, 3.63) is 59.9 Å². The average Bonchev–Trinajstić information content (AvgIpc) is 2.82. The summed E-state index contributed by atoms with van der Waals surface area (Å²) in [7, 11) is 1.69. The molecular weight excluding hydrogens is 248 g/mol. The molecule has 1 unspecified atom stereocenters. The second kappa shape index (κ2) is 5.00. The lowest BCUT2D eigenvalue weighted by molar-refractivity contribution is 0.414. The first-order valence-corrected chi connectivity index (χ1v) is 6.78. The van der Waals surface area contributed by atoms with E-state index in [4.69, 9.17) is 4.74 Å². The Bertz CT molecular complexity index is 728. The summed E-state index contributed by atoms with van der Waals surface area (Å²) in [5.41, 5.74) is 3.47. The number of para-hydroxylation sites is 2. The van der Waals surface area contributed by atoms with E-state index in [1.165, 1.54) is 11.1 Å². The molecule has 3 aromatic rings. The van der Waals surface area contributed by atoms with Crippen molar-refractivity contribution in [2.45, 2.75) is 19.9 Å². The van der Waals surface area contributed by atoms with E-state index in [2.05, 4.69) is 53.7 Å². The Morgan fingerprint density at radius 1 is 1.05 bits per heavy atom. The predicted octanol–water partition coefficient (Wildman–Crippen LogP) is 3.96. The van der Waals surface area contributed by atoms with E-state index in [0.717, 1.165) is 17.1 Å². The Balaban J connectivity index is 2.07. The number of aryl methyl sites for hydroxylation is 1. The van der Waals surface area contributed by atoms with Crippen LogP contribution >= 0.6 is 0 Å². The van der Waals surface area contributed by atoms with Gasteiger partial charge in [-0.25, -0.2) is 4.98 Å². The molecule has 2 aromatic carbocycles. The minimum Gasteiger partial charge on any atom is -0.497 e. The van der Waals surface area contributed by atoms with Crippen molar-refractivity contribution in [2.24, 2.45) is 0 Å². The highest BCUT2D eigenvalue weighted by Crippen LogP contribution is 2.26. The van der Waals surface area contributed by atoms with Crippen LogP contribution in [0.5, 0.6) is 5.75 Å². The quantitative estimate of drug-likeness (QED) is 0.717. The molecule has 0 amide bonds. The molecule has 0 fully saturated rings. The van der Waals surface area contributed by atoms with E-state index in [0.29, 0.717) is 0 Å².